The Morgan fingerprint density at radius 1 is 0.636 bits per heavy atom. The van der Waals surface area contributed by atoms with Gasteiger partial charge in [-0.2, -0.15) is 0 Å². The second kappa shape index (κ2) is 32.9. The molecule has 2 rings (SSSR count). The monoisotopic (exact) mass is 773 g/mol. The summed E-state index contributed by atoms with van der Waals surface area (Å²) in [5, 5.41) is 7.00. The zero-order chi connectivity index (χ0) is 42.2. The first kappa shape index (κ1) is 52.6. The van der Waals surface area contributed by atoms with Crippen LogP contribution in [0.25, 0.3) is 0 Å². The number of hydrogen-bond donors (Lipinski definition) is 5. The molecule has 0 radical (unpaired) electrons. The Morgan fingerprint density at radius 3 is 1.25 bits per heavy atom. The second-order valence-corrected chi connectivity index (χ2v) is 13.1. The van der Waals surface area contributed by atoms with Crippen LogP contribution < -0.4 is 22.9 Å². The number of methoxy groups -OCH3 is 2. The maximum absolute atomic E-state index is 11.7. The molecule has 0 amide bonds. The first-order valence-corrected chi connectivity index (χ1v) is 18.4. The van der Waals surface area contributed by atoms with Gasteiger partial charge in [0.2, 0.25) is 0 Å². The molecule has 9 N–H and O–H groups in total. The van der Waals surface area contributed by atoms with Crippen molar-refractivity contribution in [3.05, 3.63) is 72.3 Å². The summed E-state index contributed by atoms with van der Waals surface area (Å²) < 4.78 is 8.94. The van der Waals surface area contributed by atoms with Crippen LogP contribution in [0, 0.1) is 11.8 Å². The average molecular weight is 773 g/mol. The second-order valence-electron chi connectivity index (χ2n) is 13.1. The number of ketones is 3. The number of aliphatic hydroxyl groups is 1. The first-order valence-electron chi connectivity index (χ1n) is 18.4. The molecule has 0 aliphatic heterocycles. The van der Waals surface area contributed by atoms with E-state index in [1.807, 2.05) is 48.5 Å². The summed E-state index contributed by atoms with van der Waals surface area (Å²) in [6.45, 7) is 12.8. The molecule has 14 heteroatoms. The number of aliphatic hydroxyl groups excluding tert-OH is 1. The van der Waals surface area contributed by atoms with Gasteiger partial charge in [0.05, 0.1) is 20.6 Å². The van der Waals surface area contributed by atoms with Crippen molar-refractivity contribution in [1.82, 2.24) is 9.80 Å². The van der Waals surface area contributed by atoms with Crippen molar-refractivity contribution in [2.45, 2.75) is 59.3 Å². The summed E-state index contributed by atoms with van der Waals surface area (Å²) in [6.07, 6.45) is 4.35. The predicted molar refractivity (Wildman–Crippen MR) is 220 cm³/mol. The van der Waals surface area contributed by atoms with E-state index in [0.29, 0.717) is 83.2 Å². The van der Waals surface area contributed by atoms with E-state index >= 15 is 0 Å². The Labute approximate surface area is 328 Å². The average Bonchev–Trinajstić information content (AvgIpc) is 3.18. The van der Waals surface area contributed by atoms with E-state index in [1.54, 1.807) is 20.8 Å². The van der Waals surface area contributed by atoms with Crippen molar-refractivity contribution >= 4 is 40.7 Å². The molecule has 310 valence electrons. The molecule has 1 unspecified atom stereocenters. The topological polar surface area (TPSA) is 235 Å². The van der Waals surface area contributed by atoms with Crippen molar-refractivity contribution in [1.29, 1.82) is 0 Å². The molecule has 0 aliphatic carbocycles. The van der Waals surface area contributed by atoms with Gasteiger partial charge >= 0.3 is 11.9 Å². The predicted octanol–water partition coefficient (Wildman–Crippen LogP) is 2.83. The summed E-state index contributed by atoms with van der Waals surface area (Å²) in [5.74, 6) is 0.189. The molecule has 0 spiro atoms. The van der Waals surface area contributed by atoms with Gasteiger partial charge < -0.3 is 47.3 Å². The zero-order valence-corrected chi connectivity index (χ0v) is 34.0. The molecule has 2 aromatic rings. The highest BCUT2D eigenvalue weighted by atomic mass is 16.5. The molecule has 0 aromatic heterocycles. The lowest BCUT2D eigenvalue weighted by Crippen LogP contribution is -2.40. The largest absolute Gasteiger partial charge is 0.469 e. The number of hydrogen-bond acceptors (Lipinski definition) is 14. The highest BCUT2D eigenvalue weighted by Gasteiger charge is 2.21. The quantitative estimate of drug-likeness (QED) is 0.0621. The third-order valence-corrected chi connectivity index (χ3v) is 8.28. The summed E-state index contributed by atoms with van der Waals surface area (Å²) in [4.78, 5) is 60.7. The third kappa shape index (κ3) is 29.6. The van der Waals surface area contributed by atoms with Crippen LogP contribution in [0.2, 0.25) is 0 Å². The van der Waals surface area contributed by atoms with E-state index < -0.39 is 5.97 Å². The molecule has 0 heterocycles. The summed E-state index contributed by atoms with van der Waals surface area (Å²) >= 11 is 0. The van der Waals surface area contributed by atoms with Gasteiger partial charge in [-0.25, -0.2) is 4.79 Å². The van der Waals surface area contributed by atoms with Crippen LogP contribution >= 0.6 is 0 Å². The molecule has 14 nitrogen and oxygen atoms in total. The number of Topliss-reactive ketones (excluding diaryl/α,β-unsaturated/α-hetero) is 3. The summed E-state index contributed by atoms with van der Waals surface area (Å²) in [7, 11) is 3.68. The fraction of sp³-hybridized carbons (Fsp3) is 0.537. The Balaban J connectivity index is 0. The SMILES string of the molecule is C=CC(=O)OC.CO.COC(=O)CCN(CCC(C)=O)CC(Cc1ccc(N)cc1)CN(CCC(C)=O)CCC(C)=O.NCC(CN)Cc1ccc(N)cc1. The Morgan fingerprint density at radius 2 is 0.982 bits per heavy atom. The van der Waals surface area contributed by atoms with E-state index in [9.17, 15) is 24.0 Å². The molecule has 1 atom stereocenters. The molecule has 0 saturated carbocycles. The van der Waals surface area contributed by atoms with E-state index in [-0.39, 0.29) is 35.7 Å². The van der Waals surface area contributed by atoms with E-state index in [1.165, 1.54) is 19.8 Å². The number of rotatable bonds is 23. The van der Waals surface area contributed by atoms with Crippen molar-refractivity contribution < 1.29 is 38.6 Å². The highest BCUT2D eigenvalue weighted by molar-refractivity contribution is 5.81. The third-order valence-electron chi connectivity index (χ3n) is 8.28. The molecule has 0 fully saturated rings. The van der Waals surface area contributed by atoms with E-state index in [2.05, 4.69) is 21.1 Å². The first-order chi connectivity index (χ1) is 26.1. The molecule has 0 aliphatic rings. The van der Waals surface area contributed by atoms with Gasteiger partial charge in [0.1, 0.15) is 17.3 Å². The van der Waals surface area contributed by atoms with Crippen molar-refractivity contribution in [3.8, 4) is 0 Å². The van der Waals surface area contributed by atoms with Gasteiger partial charge in [-0.3, -0.25) is 19.2 Å². The highest BCUT2D eigenvalue weighted by Crippen LogP contribution is 2.16. The Hall–Kier alpha value is -4.47. The maximum Gasteiger partial charge on any atom is 0.329 e. The molecule has 0 bridgehead atoms. The van der Waals surface area contributed by atoms with Gasteiger partial charge in [0.15, 0.2) is 0 Å². The lowest BCUT2D eigenvalue weighted by atomic mass is 9.97. The fourth-order valence-corrected chi connectivity index (χ4v) is 5.12. The molecule has 2 aromatic carbocycles. The molecular weight excluding hydrogens is 704 g/mol. The minimum atomic E-state index is -0.394. The van der Waals surface area contributed by atoms with Crippen molar-refractivity contribution in [2.75, 3.05) is 85.2 Å². The minimum Gasteiger partial charge on any atom is -0.469 e. The normalized spacial score (nSPS) is 10.8. The number of esters is 2. The summed E-state index contributed by atoms with van der Waals surface area (Å²) in [6, 6.07) is 15.6. The number of nitrogen functional groups attached to an aromatic ring is 2. The van der Waals surface area contributed by atoms with Gasteiger partial charge in [-0.05, 0) is 93.9 Å². The smallest absolute Gasteiger partial charge is 0.329 e. The lowest BCUT2D eigenvalue weighted by Gasteiger charge is -2.32. The van der Waals surface area contributed by atoms with Crippen LogP contribution in [0.15, 0.2) is 61.2 Å². The maximum atomic E-state index is 11.7. The van der Waals surface area contributed by atoms with Crippen LogP contribution in [0.4, 0.5) is 11.4 Å². The zero-order valence-electron chi connectivity index (χ0n) is 34.0. The Kier molecular flexibility index (Phi) is 31.5. The van der Waals surface area contributed by atoms with Crippen LogP contribution in [-0.2, 0) is 46.3 Å². The fourth-order valence-electron chi connectivity index (χ4n) is 5.12. The minimum absolute atomic E-state index is 0.0997. The van der Waals surface area contributed by atoms with Crippen LogP contribution in [0.3, 0.4) is 0 Å². The number of nitrogens with two attached hydrogens (primary N) is 4. The number of nitrogens with zero attached hydrogens (tertiary/aromatic N) is 2. The van der Waals surface area contributed by atoms with E-state index in [0.717, 1.165) is 37.3 Å². The molecular formula is C41H68N6O8. The summed E-state index contributed by atoms with van der Waals surface area (Å²) in [5.41, 5.74) is 26.4. The van der Waals surface area contributed by atoms with Crippen LogP contribution in [0.1, 0.15) is 57.6 Å². The number of ether oxygens (including phenoxy) is 2. The van der Waals surface area contributed by atoms with Crippen LogP contribution in [0.5, 0.6) is 0 Å². The molecule has 55 heavy (non-hydrogen) atoms. The van der Waals surface area contributed by atoms with Crippen LogP contribution in [-0.4, -0.2) is 118 Å². The lowest BCUT2D eigenvalue weighted by molar-refractivity contribution is -0.141. The van der Waals surface area contributed by atoms with Gasteiger partial charge in [-0.15, -0.1) is 0 Å². The van der Waals surface area contributed by atoms with Crippen molar-refractivity contribution in [2.24, 2.45) is 23.3 Å². The number of benzene rings is 2. The molecule has 0 saturated heterocycles. The van der Waals surface area contributed by atoms with Gasteiger partial charge in [-0.1, -0.05) is 30.8 Å². The number of carbonyl (C=O) groups excluding carboxylic acids is 5. The Bertz CT molecular complexity index is 1350. The van der Waals surface area contributed by atoms with Gasteiger partial charge in [0.25, 0.3) is 0 Å². The van der Waals surface area contributed by atoms with Gasteiger partial charge in [0, 0.05) is 83.1 Å². The van der Waals surface area contributed by atoms with Crippen molar-refractivity contribution in [3.63, 3.8) is 0 Å². The van der Waals surface area contributed by atoms with E-state index in [4.69, 9.17) is 32.8 Å². The number of carbonyl (C=O) groups is 5. The standard InChI is InChI=1S/C26H41N3O5.C10H17N3.C4H6O2.CH4O/c1-20(30)9-13-28(14-10-21(2)31)18-24(17-23-5-7-25(27)8-6-23)19-29(15-11-22(3)32)16-12-26(33)34-4;11-6-9(7-12)5-8-1-3-10(13)4-2-8;1-3-4(5)6-2;1-2/h5-8,24H,9-19,27H2,1-4H3;1-4,9H,5-7,11-13H2;3H,1H2,2H3;2H,1H3. The number of anilines is 2.